The fourth-order valence-electron chi connectivity index (χ4n) is 0.0373. The standard InChI is InChI=1S/C2H4N2O/c3-1-2-4-5/h2,4H2. The number of nitrogens with zero attached hydrogens (tertiary/aromatic N) is 1. The molecule has 0 heterocycles. The van der Waals surface area contributed by atoms with Crippen molar-refractivity contribution in [3.05, 3.63) is 5.21 Å². The quantitative estimate of drug-likeness (QED) is 0.305. The van der Waals surface area contributed by atoms with E-state index in [4.69, 9.17) is 5.26 Å². The first kappa shape index (κ1) is 4.41. The Morgan fingerprint density at radius 2 is 2.60 bits per heavy atom. The summed E-state index contributed by atoms with van der Waals surface area (Å²) in [4.78, 5) is 0. The van der Waals surface area contributed by atoms with Gasteiger partial charge in [0.15, 0.2) is 6.54 Å². The van der Waals surface area contributed by atoms with Gasteiger partial charge in [0.1, 0.15) is 6.07 Å². The number of rotatable bonds is 1. The van der Waals surface area contributed by atoms with Crippen LogP contribution >= 0.6 is 0 Å². The third-order valence-electron chi connectivity index (χ3n) is 0.175. The molecule has 0 spiro atoms. The Hall–Kier alpha value is -0.590. The molecule has 0 aliphatic carbocycles. The summed E-state index contributed by atoms with van der Waals surface area (Å²) in [5.41, 5.74) is 0.569. The lowest BCUT2D eigenvalue weighted by Crippen LogP contribution is -2.76. The molecule has 0 fully saturated rings. The molecular weight excluding hydrogens is 68.0 g/mol. The topological polar surface area (TPSA) is 63.5 Å². The molecule has 0 rings (SSSR count). The third kappa shape index (κ3) is 3.41. The highest BCUT2D eigenvalue weighted by Gasteiger charge is 1.60. The van der Waals surface area contributed by atoms with Gasteiger partial charge >= 0.3 is 0 Å². The second kappa shape index (κ2) is 3.41. The van der Waals surface area contributed by atoms with Gasteiger partial charge in [-0.15, -0.1) is 0 Å². The largest absolute Gasteiger partial charge is 0.635 e. The van der Waals surface area contributed by atoms with Crippen molar-refractivity contribution in [2.24, 2.45) is 0 Å². The molecule has 0 aromatic heterocycles. The first-order chi connectivity index (χ1) is 2.41. The van der Waals surface area contributed by atoms with Gasteiger partial charge in [0.25, 0.3) is 0 Å². The Labute approximate surface area is 29.8 Å². The van der Waals surface area contributed by atoms with Crippen molar-refractivity contribution >= 4 is 0 Å². The molecule has 5 heavy (non-hydrogen) atoms. The van der Waals surface area contributed by atoms with Crippen LogP contribution in [0.2, 0.25) is 0 Å². The smallest absolute Gasteiger partial charge is 0.163 e. The van der Waals surface area contributed by atoms with E-state index < -0.39 is 0 Å². The predicted octanol–water partition coefficient (Wildman–Crippen LogP) is -1.43. The third-order valence-corrected chi connectivity index (χ3v) is 0.175. The summed E-state index contributed by atoms with van der Waals surface area (Å²) in [7, 11) is 0. The van der Waals surface area contributed by atoms with E-state index in [1.807, 2.05) is 0 Å². The minimum absolute atomic E-state index is 0.0139. The van der Waals surface area contributed by atoms with Crippen LogP contribution in [0.4, 0.5) is 0 Å². The molecule has 0 aliphatic rings. The molecule has 3 nitrogen and oxygen atoms in total. The van der Waals surface area contributed by atoms with Crippen LogP contribution in [0.25, 0.3) is 0 Å². The van der Waals surface area contributed by atoms with E-state index in [0.29, 0.717) is 5.48 Å². The maximum atomic E-state index is 9.18. The number of hydrogen-bond acceptors (Lipinski definition) is 2. The fourth-order valence-corrected chi connectivity index (χ4v) is 0.0373. The van der Waals surface area contributed by atoms with Gasteiger partial charge in [-0.2, -0.15) is 5.26 Å². The lowest BCUT2D eigenvalue weighted by molar-refractivity contribution is -0.576. The van der Waals surface area contributed by atoms with Crippen molar-refractivity contribution in [3.63, 3.8) is 0 Å². The van der Waals surface area contributed by atoms with Crippen LogP contribution in [0, 0.1) is 16.5 Å². The van der Waals surface area contributed by atoms with E-state index >= 15 is 0 Å². The molecule has 0 aliphatic heterocycles. The van der Waals surface area contributed by atoms with E-state index in [2.05, 4.69) is 0 Å². The molecule has 0 amide bonds. The fraction of sp³-hybridized carbons (Fsp3) is 0.500. The van der Waals surface area contributed by atoms with Gasteiger partial charge in [0.2, 0.25) is 0 Å². The lowest BCUT2D eigenvalue weighted by atomic mass is 10.8. The molecule has 0 atom stereocenters. The van der Waals surface area contributed by atoms with E-state index in [1.165, 1.54) is 0 Å². The summed E-state index contributed by atoms with van der Waals surface area (Å²) in [6.07, 6.45) is 0. The minimum atomic E-state index is 0.0139. The highest BCUT2D eigenvalue weighted by molar-refractivity contribution is 4.62. The SMILES string of the molecule is N#CC[NH2+][O-]. The number of hydroxylamine groups is 1. The van der Waals surface area contributed by atoms with Crippen molar-refractivity contribution in [1.82, 2.24) is 0 Å². The first-order valence-corrected chi connectivity index (χ1v) is 1.22. The van der Waals surface area contributed by atoms with Gasteiger partial charge < -0.3 is 10.7 Å². The van der Waals surface area contributed by atoms with Gasteiger partial charge in [-0.3, -0.25) is 0 Å². The monoisotopic (exact) mass is 72.0 g/mol. The molecule has 3 heteroatoms. The van der Waals surface area contributed by atoms with Crippen molar-refractivity contribution in [1.29, 1.82) is 5.26 Å². The van der Waals surface area contributed by atoms with Crippen LogP contribution in [0.1, 0.15) is 0 Å². The number of quaternary nitrogens is 1. The molecule has 28 valence electrons. The Kier molecular flexibility index (Phi) is 3.01. The van der Waals surface area contributed by atoms with Crippen LogP contribution in [0.5, 0.6) is 0 Å². The van der Waals surface area contributed by atoms with E-state index in [-0.39, 0.29) is 6.54 Å². The molecule has 2 N–H and O–H groups in total. The van der Waals surface area contributed by atoms with Crippen molar-refractivity contribution in [2.45, 2.75) is 0 Å². The Balaban J connectivity index is 2.48. The number of hydrogen-bond donors (Lipinski definition) is 1. The van der Waals surface area contributed by atoms with Crippen LogP contribution in [-0.2, 0) is 0 Å². The molecule has 0 aromatic rings. The highest BCUT2D eigenvalue weighted by Crippen LogP contribution is 1.25. The maximum Gasteiger partial charge on any atom is 0.163 e. The average Bonchev–Trinajstić information content (AvgIpc) is 1.41. The number of nitriles is 1. The van der Waals surface area contributed by atoms with Crippen LogP contribution < -0.4 is 5.48 Å². The van der Waals surface area contributed by atoms with Gasteiger partial charge in [0.05, 0.1) is 0 Å². The van der Waals surface area contributed by atoms with Crippen molar-refractivity contribution in [3.8, 4) is 6.07 Å². The summed E-state index contributed by atoms with van der Waals surface area (Å²) in [6.45, 7) is 0.0139. The molecule has 0 radical (unpaired) electrons. The Morgan fingerprint density at radius 1 is 2.00 bits per heavy atom. The summed E-state index contributed by atoms with van der Waals surface area (Å²) in [6, 6.07) is 1.65. The van der Waals surface area contributed by atoms with Crippen LogP contribution in [-0.4, -0.2) is 6.54 Å². The lowest BCUT2D eigenvalue weighted by Gasteiger charge is -1.87. The molecular formula is C2H4N2O. The molecule has 0 saturated heterocycles. The van der Waals surface area contributed by atoms with Crippen LogP contribution in [0.3, 0.4) is 0 Å². The van der Waals surface area contributed by atoms with E-state index in [9.17, 15) is 5.21 Å². The second-order valence-electron chi connectivity index (χ2n) is 0.529. The number of nitrogens with two attached hydrogens (primary N) is 1. The van der Waals surface area contributed by atoms with Gasteiger partial charge in [-0.05, 0) is 0 Å². The normalized spacial score (nSPS) is 6.40. The summed E-state index contributed by atoms with van der Waals surface area (Å²) in [5.74, 6) is 0. The van der Waals surface area contributed by atoms with Gasteiger partial charge in [-0.25, -0.2) is 0 Å². The Bertz CT molecular complexity index is 46.1. The predicted molar refractivity (Wildman–Crippen MR) is 15.8 cm³/mol. The average molecular weight is 72.1 g/mol. The van der Waals surface area contributed by atoms with Gasteiger partial charge in [-0.1, -0.05) is 0 Å². The zero-order valence-corrected chi connectivity index (χ0v) is 2.64. The second-order valence-corrected chi connectivity index (χ2v) is 0.529. The molecule has 0 bridgehead atoms. The summed E-state index contributed by atoms with van der Waals surface area (Å²) >= 11 is 0. The van der Waals surface area contributed by atoms with Crippen molar-refractivity contribution in [2.75, 3.05) is 6.54 Å². The first-order valence-electron chi connectivity index (χ1n) is 1.22. The van der Waals surface area contributed by atoms with Crippen molar-refractivity contribution < 1.29 is 5.48 Å². The maximum absolute atomic E-state index is 9.18. The van der Waals surface area contributed by atoms with Crippen LogP contribution in [0.15, 0.2) is 0 Å². The summed E-state index contributed by atoms with van der Waals surface area (Å²) < 4.78 is 0. The van der Waals surface area contributed by atoms with Gasteiger partial charge in [0, 0.05) is 0 Å². The molecule has 0 unspecified atom stereocenters. The Morgan fingerprint density at radius 3 is 2.60 bits per heavy atom. The summed E-state index contributed by atoms with van der Waals surface area (Å²) in [5, 5.41) is 16.8. The minimum Gasteiger partial charge on any atom is -0.635 e. The zero-order valence-electron chi connectivity index (χ0n) is 2.64. The van der Waals surface area contributed by atoms with E-state index in [0.717, 1.165) is 0 Å². The molecule has 0 saturated carbocycles. The van der Waals surface area contributed by atoms with E-state index in [1.54, 1.807) is 6.07 Å². The zero-order chi connectivity index (χ0) is 4.12. The molecule has 0 aromatic carbocycles. The highest BCUT2D eigenvalue weighted by atomic mass is 16.5.